The maximum Gasteiger partial charge on any atom is 0.229 e. The Hall–Kier alpha value is -2.10. The average molecular weight is 352 g/mol. The Kier molecular flexibility index (Phi) is 4.84. The number of carbonyl (C=O) groups is 1. The lowest BCUT2D eigenvalue weighted by atomic mass is 9.87. The summed E-state index contributed by atoms with van der Waals surface area (Å²) in [6.07, 6.45) is 6.60. The van der Waals surface area contributed by atoms with Crippen LogP contribution in [0, 0.1) is 6.92 Å². The van der Waals surface area contributed by atoms with Crippen LogP contribution in [-0.2, 0) is 17.6 Å². The smallest absolute Gasteiger partial charge is 0.229 e. The third-order valence-electron chi connectivity index (χ3n) is 6.12. The topological polar surface area (TPSA) is 46.3 Å². The molecule has 2 aliphatic rings. The van der Waals surface area contributed by atoms with Crippen LogP contribution >= 0.6 is 0 Å². The predicted octanol–water partition coefficient (Wildman–Crippen LogP) is 4.37. The number of amides is 1. The number of carbonyl (C=O) groups excluding carboxylic acids is 1. The SMILES string of the molecule is Cc1ccc([C@@H](C)C(=O)N2CCC(c3onc4c3CCCC4)CC2)cc1. The first-order valence-electron chi connectivity index (χ1n) is 9.96. The molecule has 2 heterocycles. The molecule has 1 aliphatic carbocycles. The first-order valence-corrected chi connectivity index (χ1v) is 9.96. The molecule has 0 unspecified atom stereocenters. The van der Waals surface area contributed by atoms with Gasteiger partial charge in [0.05, 0.1) is 11.6 Å². The van der Waals surface area contributed by atoms with Gasteiger partial charge in [0.2, 0.25) is 5.91 Å². The van der Waals surface area contributed by atoms with E-state index in [1.54, 1.807) is 0 Å². The number of aromatic nitrogens is 1. The van der Waals surface area contributed by atoms with Crippen molar-refractivity contribution in [2.24, 2.45) is 0 Å². The van der Waals surface area contributed by atoms with Crippen molar-refractivity contribution in [3.8, 4) is 0 Å². The van der Waals surface area contributed by atoms with Crippen LogP contribution in [0.4, 0.5) is 0 Å². The Morgan fingerprint density at radius 1 is 1.15 bits per heavy atom. The summed E-state index contributed by atoms with van der Waals surface area (Å²) in [6, 6.07) is 8.31. The van der Waals surface area contributed by atoms with Gasteiger partial charge in [-0.2, -0.15) is 0 Å². The van der Waals surface area contributed by atoms with E-state index in [2.05, 4.69) is 36.3 Å². The molecule has 1 amide bonds. The summed E-state index contributed by atoms with van der Waals surface area (Å²) in [5.74, 6) is 1.69. The fourth-order valence-electron chi connectivity index (χ4n) is 4.37. The monoisotopic (exact) mass is 352 g/mol. The van der Waals surface area contributed by atoms with Gasteiger partial charge < -0.3 is 9.42 Å². The van der Waals surface area contributed by atoms with Gasteiger partial charge in [0.25, 0.3) is 0 Å². The Morgan fingerprint density at radius 3 is 2.58 bits per heavy atom. The van der Waals surface area contributed by atoms with Crippen molar-refractivity contribution in [2.75, 3.05) is 13.1 Å². The number of hydrogen-bond donors (Lipinski definition) is 0. The van der Waals surface area contributed by atoms with Crippen LogP contribution in [0.15, 0.2) is 28.8 Å². The molecule has 1 aliphatic heterocycles. The van der Waals surface area contributed by atoms with Gasteiger partial charge in [-0.15, -0.1) is 0 Å². The molecule has 2 aromatic rings. The molecule has 0 saturated carbocycles. The van der Waals surface area contributed by atoms with Gasteiger partial charge in [-0.05, 0) is 57.9 Å². The zero-order chi connectivity index (χ0) is 18.1. The molecule has 4 heteroatoms. The number of hydrogen-bond acceptors (Lipinski definition) is 3. The van der Waals surface area contributed by atoms with Gasteiger partial charge in [-0.3, -0.25) is 4.79 Å². The number of benzene rings is 1. The van der Waals surface area contributed by atoms with E-state index in [1.165, 1.54) is 29.7 Å². The summed E-state index contributed by atoms with van der Waals surface area (Å²) < 4.78 is 5.73. The minimum atomic E-state index is -0.0785. The second-order valence-corrected chi connectivity index (χ2v) is 7.91. The van der Waals surface area contributed by atoms with Crippen molar-refractivity contribution in [1.29, 1.82) is 0 Å². The minimum Gasteiger partial charge on any atom is -0.361 e. The Morgan fingerprint density at radius 2 is 1.85 bits per heavy atom. The molecule has 138 valence electrons. The van der Waals surface area contributed by atoms with Crippen LogP contribution in [0.1, 0.15) is 72.6 Å². The van der Waals surface area contributed by atoms with Crippen LogP contribution in [0.2, 0.25) is 0 Å². The van der Waals surface area contributed by atoms with Gasteiger partial charge >= 0.3 is 0 Å². The number of piperidine rings is 1. The summed E-state index contributed by atoms with van der Waals surface area (Å²) >= 11 is 0. The van der Waals surface area contributed by atoms with E-state index >= 15 is 0 Å². The van der Waals surface area contributed by atoms with E-state index in [4.69, 9.17) is 4.52 Å². The highest BCUT2D eigenvalue weighted by atomic mass is 16.5. The van der Waals surface area contributed by atoms with E-state index in [0.717, 1.165) is 50.1 Å². The van der Waals surface area contributed by atoms with Gasteiger partial charge in [0.1, 0.15) is 5.76 Å². The summed E-state index contributed by atoms with van der Waals surface area (Å²) in [7, 11) is 0. The molecule has 0 N–H and O–H groups in total. The quantitative estimate of drug-likeness (QED) is 0.824. The molecular formula is C22H28N2O2. The second-order valence-electron chi connectivity index (χ2n) is 7.91. The summed E-state index contributed by atoms with van der Waals surface area (Å²) in [5, 5.41) is 4.31. The first kappa shape index (κ1) is 17.3. The van der Waals surface area contributed by atoms with Crippen LogP contribution in [-0.4, -0.2) is 29.1 Å². The molecule has 1 atom stereocenters. The zero-order valence-electron chi connectivity index (χ0n) is 15.8. The molecule has 26 heavy (non-hydrogen) atoms. The lowest BCUT2D eigenvalue weighted by Crippen LogP contribution is -2.40. The van der Waals surface area contributed by atoms with Crippen molar-refractivity contribution in [3.05, 3.63) is 52.4 Å². The van der Waals surface area contributed by atoms with E-state index < -0.39 is 0 Å². The summed E-state index contributed by atoms with van der Waals surface area (Å²) in [5.41, 5.74) is 4.88. The van der Waals surface area contributed by atoms with E-state index in [0.29, 0.717) is 5.92 Å². The standard InChI is InChI=1S/C22H28N2O2/c1-15-7-9-17(10-8-15)16(2)22(25)24-13-11-18(12-14-24)21-19-5-3-4-6-20(19)23-26-21/h7-10,16,18H,3-6,11-14H2,1-2H3/t16-/m1/s1. The summed E-state index contributed by atoms with van der Waals surface area (Å²) in [6.45, 7) is 5.72. The highest BCUT2D eigenvalue weighted by Gasteiger charge is 2.31. The number of fused-ring (bicyclic) bond motifs is 1. The van der Waals surface area contributed by atoms with Gasteiger partial charge in [-0.1, -0.05) is 35.0 Å². The molecule has 0 spiro atoms. The Bertz CT molecular complexity index is 770. The maximum absolute atomic E-state index is 12.9. The zero-order valence-corrected chi connectivity index (χ0v) is 15.8. The third-order valence-corrected chi connectivity index (χ3v) is 6.12. The fraction of sp³-hybridized carbons (Fsp3) is 0.545. The predicted molar refractivity (Wildman–Crippen MR) is 101 cm³/mol. The molecular weight excluding hydrogens is 324 g/mol. The van der Waals surface area contributed by atoms with Crippen molar-refractivity contribution in [1.82, 2.24) is 10.1 Å². The second kappa shape index (κ2) is 7.26. The van der Waals surface area contributed by atoms with E-state index in [-0.39, 0.29) is 11.8 Å². The molecule has 1 fully saturated rings. The number of likely N-dealkylation sites (tertiary alicyclic amines) is 1. The lowest BCUT2D eigenvalue weighted by molar-refractivity contribution is -0.133. The molecule has 4 rings (SSSR count). The average Bonchev–Trinajstić information content (AvgIpc) is 3.12. The van der Waals surface area contributed by atoms with Crippen molar-refractivity contribution in [2.45, 2.75) is 64.2 Å². The van der Waals surface area contributed by atoms with Gasteiger partial charge in [0.15, 0.2) is 0 Å². The number of rotatable bonds is 3. The number of nitrogens with zero attached hydrogens (tertiary/aromatic N) is 2. The Balaban J connectivity index is 1.39. The largest absolute Gasteiger partial charge is 0.361 e. The molecule has 1 aromatic carbocycles. The highest BCUT2D eigenvalue weighted by Crippen LogP contribution is 2.35. The fourth-order valence-corrected chi connectivity index (χ4v) is 4.37. The van der Waals surface area contributed by atoms with Crippen molar-refractivity contribution in [3.63, 3.8) is 0 Å². The molecule has 0 radical (unpaired) electrons. The Labute approximate surface area is 155 Å². The van der Waals surface area contributed by atoms with Crippen molar-refractivity contribution >= 4 is 5.91 Å². The highest BCUT2D eigenvalue weighted by molar-refractivity contribution is 5.83. The third kappa shape index (κ3) is 3.29. The molecule has 1 aromatic heterocycles. The van der Waals surface area contributed by atoms with Crippen LogP contribution in [0.25, 0.3) is 0 Å². The van der Waals surface area contributed by atoms with Gasteiger partial charge in [0, 0.05) is 24.6 Å². The lowest BCUT2D eigenvalue weighted by Gasteiger charge is -2.33. The van der Waals surface area contributed by atoms with E-state index in [1.807, 2.05) is 11.8 Å². The van der Waals surface area contributed by atoms with Crippen LogP contribution in [0.5, 0.6) is 0 Å². The minimum absolute atomic E-state index is 0.0785. The maximum atomic E-state index is 12.9. The molecule has 4 nitrogen and oxygen atoms in total. The first-order chi connectivity index (χ1) is 12.6. The molecule has 0 bridgehead atoms. The summed E-state index contributed by atoms with van der Waals surface area (Å²) in [4.78, 5) is 14.9. The normalized spacial score (nSPS) is 19.2. The van der Waals surface area contributed by atoms with Gasteiger partial charge in [-0.25, -0.2) is 0 Å². The number of aryl methyl sites for hydroxylation is 2. The van der Waals surface area contributed by atoms with E-state index in [9.17, 15) is 4.79 Å². The molecule has 1 saturated heterocycles. The van der Waals surface area contributed by atoms with Crippen LogP contribution < -0.4 is 0 Å². The van der Waals surface area contributed by atoms with Crippen molar-refractivity contribution < 1.29 is 9.32 Å². The van der Waals surface area contributed by atoms with Crippen LogP contribution in [0.3, 0.4) is 0 Å².